The largest absolute Gasteiger partial charge is 0.334 e. The molecule has 0 saturated heterocycles. The molecule has 1 heterocycles. The summed E-state index contributed by atoms with van der Waals surface area (Å²) >= 11 is 0. The molecule has 1 aromatic rings. The lowest BCUT2D eigenvalue weighted by Gasteiger charge is -2.18. The third-order valence-corrected chi connectivity index (χ3v) is 3.26. The SMILES string of the molecule is CCn1cncc1CNCC1CC=CCC1. The van der Waals surface area contributed by atoms with E-state index in [-0.39, 0.29) is 0 Å². The number of imidazole rings is 1. The van der Waals surface area contributed by atoms with Crippen molar-refractivity contribution in [3.8, 4) is 0 Å². The Hall–Kier alpha value is -1.09. The second-order valence-corrected chi connectivity index (χ2v) is 4.45. The number of hydrogen-bond donors (Lipinski definition) is 1. The fourth-order valence-electron chi connectivity index (χ4n) is 2.23. The minimum absolute atomic E-state index is 0.822. The summed E-state index contributed by atoms with van der Waals surface area (Å²) in [5.74, 6) is 0.822. The molecule has 1 unspecified atom stereocenters. The Bertz CT molecular complexity index is 341. The zero-order valence-corrected chi connectivity index (χ0v) is 10.0. The molecule has 0 aromatic carbocycles. The van der Waals surface area contributed by atoms with E-state index >= 15 is 0 Å². The third-order valence-electron chi connectivity index (χ3n) is 3.26. The van der Waals surface area contributed by atoms with Gasteiger partial charge in [0, 0.05) is 19.3 Å². The molecule has 0 saturated carbocycles. The van der Waals surface area contributed by atoms with Gasteiger partial charge >= 0.3 is 0 Å². The van der Waals surface area contributed by atoms with Crippen LogP contribution in [-0.4, -0.2) is 16.1 Å². The van der Waals surface area contributed by atoms with Crippen LogP contribution in [-0.2, 0) is 13.1 Å². The molecule has 3 nitrogen and oxygen atoms in total. The molecule has 1 atom stereocenters. The lowest BCUT2D eigenvalue weighted by atomic mass is 9.94. The van der Waals surface area contributed by atoms with Crippen LogP contribution in [0.1, 0.15) is 31.9 Å². The van der Waals surface area contributed by atoms with E-state index in [0.29, 0.717) is 0 Å². The summed E-state index contributed by atoms with van der Waals surface area (Å²) in [7, 11) is 0. The normalized spacial score (nSPS) is 20.2. The molecule has 1 N–H and O–H groups in total. The topological polar surface area (TPSA) is 29.9 Å². The molecule has 0 amide bonds. The molecule has 16 heavy (non-hydrogen) atoms. The quantitative estimate of drug-likeness (QED) is 0.770. The molecule has 0 spiro atoms. The van der Waals surface area contributed by atoms with Gasteiger partial charge in [-0.25, -0.2) is 4.98 Å². The van der Waals surface area contributed by atoms with Crippen molar-refractivity contribution in [1.29, 1.82) is 0 Å². The van der Waals surface area contributed by atoms with Crippen LogP contribution in [0.5, 0.6) is 0 Å². The van der Waals surface area contributed by atoms with Crippen LogP contribution in [0, 0.1) is 5.92 Å². The molecule has 0 bridgehead atoms. The lowest BCUT2D eigenvalue weighted by Crippen LogP contribution is -2.24. The molecular formula is C13H21N3. The maximum atomic E-state index is 4.17. The molecule has 0 fully saturated rings. The van der Waals surface area contributed by atoms with Gasteiger partial charge in [-0.2, -0.15) is 0 Å². The summed E-state index contributed by atoms with van der Waals surface area (Å²) in [6.07, 6.45) is 12.3. The zero-order valence-electron chi connectivity index (χ0n) is 10.0. The fourth-order valence-corrected chi connectivity index (χ4v) is 2.23. The van der Waals surface area contributed by atoms with Crippen LogP contribution >= 0.6 is 0 Å². The van der Waals surface area contributed by atoms with E-state index in [4.69, 9.17) is 0 Å². The van der Waals surface area contributed by atoms with Gasteiger partial charge in [-0.05, 0) is 38.6 Å². The van der Waals surface area contributed by atoms with Crippen molar-refractivity contribution in [3.63, 3.8) is 0 Å². The van der Waals surface area contributed by atoms with Crippen molar-refractivity contribution >= 4 is 0 Å². The molecule has 88 valence electrons. The van der Waals surface area contributed by atoms with Crippen molar-refractivity contribution in [2.24, 2.45) is 5.92 Å². The molecule has 1 aromatic heterocycles. The monoisotopic (exact) mass is 219 g/mol. The van der Waals surface area contributed by atoms with Crippen molar-refractivity contribution in [2.45, 2.75) is 39.3 Å². The van der Waals surface area contributed by atoms with Gasteiger partial charge in [0.25, 0.3) is 0 Å². The highest BCUT2D eigenvalue weighted by molar-refractivity contribution is 4.98. The third kappa shape index (κ3) is 2.95. The first kappa shape index (κ1) is 11.4. The van der Waals surface area contributed by atoms with E-state index in [1.165, 1.54) is 25.0 Å². The van der Waals surface area contributed by atoms with Gasteiger partial charge in [-0.3, -0.25) is 0 Å². The number of aromatic nitrogens is 2. The maximum absolute atomic E-state index is 4.17. The van der Waals surface area contributed by atoms with Gasteiger partial charge in [0.05, 0.1) is 12.0 Å². The summed E-state index contributed by atoms with van der Waals surface area (Å²) in [5, 5.41) is 3.54. The van der Waals surface area contributed by atoms with Crippen LogP contribution in [0.4, 0.5) is 0 Å². The average molecular weight is 219 g/mol. The van der Waals surface area contributed by atoms with Gasteiger partial charge in [-0.15, -0.1) is 0 Å². The fraction of sp³-hybridized carbons (Fsp3) is 0.615. The van der Waals surface area contributed by atoms with Gasteiger partial charge in [0.15, 0.2) is 0 Å². The lowest BCUT2D eigenvalue weighted by molar-refractivity contribution is 0.436. The highest BCUT2D eigenvalue weighted by Gasteiger charge is 2.09. The van der Waals surface area contributed by atoms with Crippen molar-refractivity contribution in [1.82, 2.24) is 14.9 Å². The van der Waals surface area contributed by atoms with E-state index in [9.17, 15) is 0 Å². The summed E-state index contributed by atoms with van der Waals surface area (Å²) in [6, 6.07) is 0. The van der Waals surface area contributed by atoms with Crippen molar-refractivity contribution in [3.05, 3.63) is 30.4 Å². The second-order valence-electron chi connectivity index (χ2n) is 4.45. The molecule has 2 rings (SSSR count). The van der Waals surface area contributed by atoms with Gasteiger partial charge < -0.3 is 9.88 Å². The number of nitrogens with one attached hydrogen (secondary N) is 1. The highest BCUT2D eigenvalue weighted by Crippen LogP contribution is 2.16. The van der Waals surface area contributed by atoms with E-state index in [1.54, 1.807) is 0 Å². The standard InChI is InChI=1S/C13H21N3/c1-2-16-11-15-10-13(16)9-14-8-12-6-4-3-5-7-12/h3-4,10-12,14H,2,5-9H2,1H3. The van der Waals surface area contributed by atoms with Crippen LogP contribution in [0.25, 0.3) is 0 Å². The van der Waals surface area contributed by atoms with Crippen molar-refractivity contribution < 1.29 is 0 Å². The van der Waals surface area contributed by atoms with E-state index in [1.807, 2.05) is 12.5 Å². The molecular weight excluding hydrogens is 198 g/mol. The van der Waals surface area contributed by atoms with Crippen molar-refractivity contribution in [2.75, 3.05) is 6.54 Å². The number of rotatable bonds is 5. The van der Waals surface area contributed by atoms with Gasteiger partial charge in [0.1, 0.15) is 0 Å². The predicted octanol–water partition coefficient (Wildman–Crippen LogP) is 2.35. The van der Waals surface area contributed by atoms with Gasteiger partial charge in [0.2, 0.25) is 0 Å². The maximum Gasteiger partial charge on any atom is 0.0948 e. The Balaban J connectivity index is 1.73. The molecule has 1 aliphatic carbocycles. The van der Waals surface area contributed by atoms with Crippen LogP contribution in [0.15, 0.2) is 24.7 Å². The Morgan fingerprint density at radius 3 is 3.19 bits per heavy atom. The molecule has 0 radical (unpaired) electrons. The smallest absolute Gasteiger partial charge is 0.0948 e. The molecule has 3 heteroatoms. The average Bonchev–Trinajstić information content (AvgIpc) is 2.78. The van der Waals surface area contributed by atoms with Crippen LogP contribution < -0.4 is 5.32 Å². The number of nitrogens with zero attached hydrogens (tertiary/aromatic N) is 2. The highest BCUT2D eigenvalue weighted by atomic mass is 15.1. The second kappa shape index (κ2) is 5.85. The summed E-state index contributed by atoms with van der Waals surface area (Å²) < 4.78 is 2.19. The first-order chi connectivity index (χ1) is 7.90. The summed E-state index contributed by atoms with van der Waals surface area (Å²) in [5.41, 5.74) is 1.29. The number of allylic oxidation sites excluding steroid dienone is 2. The van der Waals surface area contributed by atoms with Gasteiger partial charge in [-0.1, -0.05) is 12.2 Å². The van der Waals surface area contributed by atoms with Crippen LogP contribution in [0.3, 0.4) is 0 Å². The number of aryl methyl sites for hydroxylation is 1. The Kier molecular flexibility index (Phi) is 4.17. The molecule has 1 aliphatic rings. The van der Waals surface area contributed by atoms with Crippen LogP contribution in [0.2, 0.25) is 0 Å². The van der Waals surface area contributed by atoms with E-state index in [0.717, 1.165) is 25.6 Å². The minimum Gasteiger partial charge on any atom is -0.334 e. The van der Waals surface area contributed by atoms with E-state index < -0.39 is 0 Å². The predicted molar refractivity (Wildman–Crippen MR) is 66.1 cm³/mol. The Labute approximate surface area is 97.6 Å². The minimum atomic E-state index is 0.822. The number of hydrogen-bond acceptors (Lipinski definition) is 2. The Morgan fingerprint density at radius 2 is 2.44 bits per heavy atom. The molecule has 0 aliphatic heterocycles. The first-order valence-electron chi connectivity index (χ1n) is 6.25. The first-order valence-corrected chi connectivity index (χ1v) is 6.25. The zero-order chi connectivity index (χ0) is 11.2. The van der Waals surface area contributed by atoms with E-state index in [2.05, 4.69) is 33.9 Å². The summed E-state index contributed by atoms with van der Waals surface area (Å²) in [4.78, 5) is 4.17. The Morgan fingerprint density at radius 1 is 1.50 bits per heavy atom. The summed E-state index contributed by atoms with van der Waals surface area (Å²) in [6.45, 7) is 5.22.